The number of hydrogen-bond donors (Lipinski definition) is 4. The van der Waals surface area contributed by atoms with E-state index in [1.54, 1.807) is 9.47 Å². The third-order valence-electron chi connectivity index (χ3n) is 5.12. The molecule has 6 amide bonds. The number of nitrogens with zero attached hydrogens (tertiary/aromatic N) is 1. The molecule has 0 aromatic carbocycles. The predicted molar refractivity (Wildman–Crippen MR) is 128 cm³/mol. The molecular weight excluding hydrogens is 513 g/mol. The highest BCUT2D eigenvalue weighted by atomic mass is 31.0. The first-order valence-electron chi connectivity index (χ1n) is 11.5. The van der Waals surface area contributed by atoms with Gasteiger partial charge in [-0.05, 0) is 19.3 Å². The number of Topliss-reactive ketones (excluding diaryl/α,β-unsaturated/α-hetero) is 1. The van der Waals surface area contributed by atoms with Gasteiger partial charge in [0.2, 0.25) is 11.8 Å². The van der Waals surface area contributed by atoms with Crippen LogP contribution in [0.2, 0.25) is 0 Å². The Kier molecular flexibility index (Phi) is 13.8. The van der Waals surface area contributed by atoms with Gasteiger partial charge < -0.3 is 30.6 Å². The maximum Gasteiger partial charge on any atom is 0.355 e. The number of imide groups is 1. The number of hydroxylamine groups is 2. The van der Waals surface area contributed by atoms with Gasteiger partial charge in [0.1, 0.15) is 6.04 Å². The first-order valence-corrected chi connectivity index (χ1v) is 12.0. The Labute approximate surface area is 215 Å². The SMILES string of the molecule is CNC(=O)NCCC[C@H](NC(C)=O)C(=O)CCC(=O)NC(CCC(=O)OP)C(=O)ON1C(=O)CCC1=O. The van der Waals surface area contributed by atoms with Crippen molar-refractivity contribution in [1.29, 1.82) is 0 Å². The summed E-state index contributed by atoms with van der Waals surface area (Å²) >= 11 is 0. The minimum Gasteiger partial charge on any atom is -0.452 e. The second-order valence-corrected chi connectivity index (χ2v) is 8.24. The lowest BCUT2D eigenvalue weighted by Gasteiger charge is -2.20. The molecule has 0 saturated carbocycles. The van der Waals surface area contributed by atoms with Crippen molar-refractivity contribution in [3.8, 4) is 0 Å². The molecule has 4 N–H and O–H groups in total. The standard InChI is InChI=1S/C21H32N5O10P/c1-12(27)24-13(4-3-11-23-21(34)22-2)15(28)6-7-16(29)25-14(5-10-19(32)36-37)20(33)35-26-17(30)8-9-18(26)31/h13-14H,3-11,37H2,1-2H3,(H,24,27)(H,25,29)(H2,22,23,34)/t13-,14?/m0/s1. The Bertz CT molecular complexity index is 896. The van der Waals surface area contributed by atoms with Gasteiger partial charge in [0.05, 0.1) is 15.5 Å². The fourth-order valence-corrected chi connectivity index (χ4v) is 3.33. The molecule has 2 unspecified atom stereocenters. The van der Waals surface area contributed by atoms with E-state index in [-0.39, 0.29) is 51.5 Å². The number of amides is 6. The van der Waals surface area contributed by atoms with Gasteiger partial charge in [0.15, 0.2) is 5.78 Å². The fraction of sp³-hybridized carbons (Fsp3) is 0.619. The zero-order valence-electron chi connectivity index (χ0n) is 20.6. The Morgan fingerprint density at radius 1 is 0.946 bits per heavy atom. The Morgan fingerprint density at radius 3 is 2.16 bits per heavy atom. The van der Waals surface area contributed by atoms with Gasteiger partial charge in [-0.3, -0.25) is 28.8 Å². The summed E-state index contributed by atoms with van der Waals surface area (Å²) in [7, 11) is 3.20. The highest BCUT2D eigenvalue weighted by molar-refractivity contribution is 7.10. The molecule has 0 aliphatic carbocycles. The molecule has 1 aliphatic rings. The number of urea groups is 1. The molecule has 1 aliphatic heterocycles. The Morgan fingerprint density at radius 2 is 1.59 bits per heavy atom. The minimum atomic E-state index is -1.41. The lowest BCUT2D eigenvalue weighted by atomic mass is 10.0. The Hall–Kier alpha value is -3.61. The van der Waals surface area contributed by atoms with Gasteiger partial charge in [-0.15, -0.1) is 5.06 Å². The third kappa shape index (κ3) is 11.8. The topological polar surface area (TPSA) is 206 Å². The van der Waals surface area contributed by atoms with Crippen LogP contribution in [0.4, 0.5) is 4.79 Å². The maximum atomic E-state index is 12.6. The van der Waals surface area contributed by atoms with Crippen LogP contribution in [0.1, 0.15) is 58.3 Å². The van der Waals surface area contributed by atoms with E-state index in [2.05, 4.69) is 25.8 Å². The molecule has 37 heavy (non-hydrogen) atoms. The highest BCUT2D eigenvalue weighted by Crippen LogP contribution is 2.14. The number of carbonyl (C=O) groups is 8. The number of ketones is 1. The van der Waals surface area contributed by atoms with Crippen LogP contribution in [0, 0.1) is 0 Å². The first-order chi connectivity index (χ1) is 17.5. The molecule has 0 spiro atoms. The predicted octanol–water partition coefficient (Wildman–Crippen LogP) is -1.24. The second kappa shape index (κ2) is 16.2. The lowest BCUT2D eigenvalue weighted by molar-refractivity contribution is -0.199. The molecule has 1 heterocycles. The molecule has 3 atom stereocenters. The van der Waals surface area contributed by atoms with Crippen molar-refractivity contribution in [2.45, 2.75) is 70.4 Å². The van der Waals surface area contributed by atoms with Gasteiger partial charge in [0, 0.05) is 52.6 Å². The zero-order chi connectivity index (χ0) is 28.0. The smallest absolute Gasteiger partial charge is 0.355 e. The number of carbonyl (C=O) groups excluding carboxylic acids is 8. The minimum absolute atomic E-state index is 0.123. The summed E-state index contributed by atoms with van der Waals surface area (Å²) in [5, 5.41) is 10.1. The monoisotopic (exact) mass is 545 g/mol. The van der Waals surface area contributed by atoms with Crippen LogP contribution in [0.3, 0.4) is 0 Å². The van der Waals surface area contributed by atoms with Crippen molar-refractivity contribution in [2.75, 3.05) is 13.6 Å². The number of hydrogen-bond acceptors (Lipinski definition) is 10. The Balaban J connectivity index is 2.70. The first kappa shape index (κ1) is 31.4. The summed E-state index contributed by atoms with van der Waals surface area (Å²) in [5.41, 5.74) is 0. The summed E-state index contributed by atoms with van der Waals surface area (Å²) in [6.45, 7) is 1.50. The summed E-state index contributed by atoms with van der Waals surface area (Å²) in [6, 6.07) is -2.69. The molecule has 0 bridgehead atoms. The highest BCUT2D eigenvalue weighted by Gasteiger charge is 2.35. The van der Waals surface area contributed by atoms with E-state index in [9.17, 15) is 38.4 Å². The van der Waals surface area contributed by atoms with Crippen molar-refractivity contribution in [2.24, 2.45) is 0 Å². The fourth-order valence-electron chi connectivity index (χ4n) is 3.21. The van der Waals surface area contributed by atoms with E-state index in [4.69, 9.17) is 4.84 Å². The van der Waals surface area contributed by atoms with Crippen molar-refractivity contribution < 1.29 is 47.7 Å². The summed E-state index contributed by atoms with van der Waals surface area (Å²) in [4.78, 5) is 100. The van der Waals surface area contributed by atoms with Gasteiger partial charge in [0.25, 0.3) is 11.8 Å². The molecule has 0 aromatic heterocycles. The van der Waals surface area contributed by atoms with Gasteiger partial charge >= 0.3 is 18.0 Å². The van der Waals surface area contributed by atoms with E-state index in [0.29, 0.717) is 11.5 Å². The van der Waals surface area contributed by atoms with Gasteiger partial charge in [-0.2, -0.15) is 0 Å². The summed E-state index contributed by atoms with van der Waals surface area (Å²) < 4.78 is 4.44. The molecular formula is C21H32N5O10P. The largest absolute Gasteiger partial charge is 0.452 e. The molecule has 1 fully saturated rings. The van der Waals surface area contributed by atoms with Crippen LogP contribution < -0.4 is 21.3 Å². The molecule has 0 aromatic rings. The molecule has 0 radical (unpaired) electrons. The van der Waals surface area contributed by atoms with E-state index in [1.807, 2.05) is 0 Å². The number of rotatable bonds is 15. The van der Waals surface area contributed by atoms with Crippen LogP contribution >= 0.6 is 9.47 Å². The van der Waals surface area contributed by atoms with E-state index in [0.717, 1.165) is 0 Å². The van der Waals surface area contributed by atoms with Crippen LogP contribution in [0.5, 0.6) is 0 Å². The van der Waals surface area contributed by atoms with Crippen LogP contribution in [0.25, 0.3) is 0 Å². The van der Waals surface area contributed by atoms with Crippen LogP contribution in [-0.4, -0.2) is 78.1 Å². The summed E-state index contributed by atoms with van der Waals surface area (Å²) in [6.07, 6.45) is -0.835. The maximum absolute atomic E-state index is 12.6. The summed E-state index contributed by atoms with van der Waals surface area (Å²) in [5.74, 6) is -4.90. The third-order valence-corrected chi connectivity index (χ3v) is 5.39. The van der Waals surface area contributed by atoms with Crippen molar-refractivity contribution in [3.05, 3.63) is 0 Å². The quantitative estimate of drug-likeness (QED) is 0.109. The number of nitrogens with one attached hydrogen (secondary N) is 4. The normalized spacial score (nSPS) is 14.3. The lowest BCUT2D eigenvalue weighted by Crippen LogP contribution is -2.46. The molecule has 1 saturated heterocycles. The van der Waals surface area contributed by atoms with Gasteiger partial charge in [-0.25, -0.2) is 9.59 Å². The van der Waals surface area contributed by atoms with Crippen molar-refractivity contribution in [3.63, 3.8) is 0 Å². The van der Waals surface area contributed by atoms with Crippen LogP contribution in [-0.2, 0) is 42.9 Å². The van der Waals surface area contributed by atoms with Crippen molar-refractivity contribution in [1.82, 2.24) is 26.3 Å². The average molecular weight is 545 g/mol. The zero-order valence-corrected chi connectivity index (χ0v) is 21.8. The average Bonchev–Trinajstić information content (AvgIpc) is 3.17. The van der Waals surface area contributed by atoms with Crippen LogP contribution in [0.15, 0.2) is 0 Å². The van der Waals surface area contributed by atoms with E-state index in [1.165, 1.54) is 14.0 Å². The van der Waals surface area contributed by atoms with E-state index >= 15 is 0 Å². The van der Waals surface area contributed by atoms with E-state index < -0.39 is 59.5 Å². The van der Waals surface area contributed by atoms with Crippen molar-refractivity contribution >= 4 is 56.8 Å². The molecule has 206 valence electrons. The second-order valence-electron chi connectivity index (χ2n) is 8.01. The van der Waals surface area contributed by atoms with Gasteiger partial charge in [-0.1, -0.05) is 0 Å². The molecule has 1 rings (SSSR count). The molecule has 16 heteroatoms. The molecule has 15 nitrogen and oxygen atoms in total.